The smallest absolute Gasteiger partial charge is 0.255 e. The van der Waals surface area contributed by atoms with Gasteiger partial charge in [0.2, 0.25) is 0 Å². The highest BCUT2D eigenvalue weighted by Crippen LogP contribution is 2.15. The van der Waals surface area contributed by atoms with E-state index in [1.54, 1.807) is 18.5 Å². The van der Waals surface area contributed by atoms with Gasteiger partial charge in [-0.05, 0) is 28.9 Å². The number of aromatic nitrogens is 3. The minimum Gasteiger partial charge on any atom is -0.383 e. The van der Waals surface area contributed by atoms with Crippen LogP contribution in [0.3, 0.4) is 0 Å². The number of anilines is 1. The molecule has 19 heavy (non-hydrogen) atoms. The van der Waals surface area contributed by atoms with E-state index in [0.29, 0.717) is 15.7 Å². The highest BCUT2D eigenvalue weighted by molar-refractivity contribution is 9.10. The summed E-state index contributed by atoms with van der Waals surface area (Å²) < 4.78 is 0.696. The molecule has 2 heterocycles. The molecule has 0 unspecified atom stereocenters. The lowest BCUT2D eigenvalue weighted by atomic mass is 10.2. The summed E-state index contributed by atoms with van der Waals surface area (Å²) in [7, 11) is 0. The summed E-state index contributed by atoms with van der Waals surface area (Å²) in [6, 6.07) is 1.62. The molecule has 0 saturated heterocycles. The van der Waals surface area contributed by atoms with E-state index in [1.807, 2.05) is 6.92 Å². The fraction of sp³-hybridized carbons (Fsp3) is 0.167. The van der Waals surface area contributed by atoms with E-state index in [9.17, 15) is 4.79 Å². The fourth-order valence-electron chi connectivity index (χ4n) is 1.41. The predicted molar refractivity (Wildman–Crippen MR) is 74.3 cm³/mol. The molecule has 0 aliphatic rings. The Morgan fingerprint density at radius 2 is 2.11 bits per heavy atom. The Kier molecular flexibility index (Phi) is 4.06. The van der Waals surface area contributed by atoms with Crippen molar-refractivity contribution in [3.8, 4) is 0 Å². The number of carbonyl (C=O) groups excluding carboxylic acids is 1. The lowest BCUT2D eigenvalue weighted by molar-refractivity contribution is 0.0951. The third-order valence-electron chi connectivity index (χ3n) is 2.39. The summed E-state index contributed by atoms with van der Waals surface area (Å²) in [6.07, 6.45) is 4.81. The van der Waals surface area contributed by atoms with Gasteiger partial charge in [-0.2, -0.15) is 0 Å². The molecule has 0 bridgehead atoms. The number of nitrogen functional groups attached to an aromatic ring is 1. The van der Waals surface area contributed by atoms with E-state index in [-0.39, 0.29) is 18.3 Å². The van der Waals surface area contributed by atoms with Gasteiger partial charge in [0.25, 0.3) is 5.91 Å². The molecule has 0 atom stereocenters. The van der Waals surface area contributed by atoms with Crippen LogP contribution in [0.4, 0.5) is 5.82 Å². The van der Waals surface area contributed by atoms with Crippen molar-refractivity contribution in [3.05, 3.63) is 46.1 Å². The van der Waals surface area contributed by atoms with Crippen LogP contribution in [-0.2, 0) is 6.54 Å². The number of nitrogens with one attached hydrogen (secondary N) is 1. The van der Waals surface area contributed by atoms with Crippen LogP contribution >= 0.6 is 15.9 Å². The van der Waals surface area contributed by atoms with Crippen molar-refractivity contribution in [2.45, 2.75) is 13.5 Å². The lowest BCUT2D eigenvalue weighted by Gasteiger charge is -2.07. The highest BCUT2D eigenvalue weighted by atomic mass is 79.9. The lowest BCUT2D eigenvalue weighted by Crippen LogP contribution is -2.24. The molecule has 0 saturated carbocycles. The zero-order chi connectivity index (χ0) is 13.8. The minimum absolute atomic E-state index is 0.190. The molecule has 0 spiro atoms. The van der Waals surface area contributed by atoms with Gasteiger partial charge in [-0.25, -0.2) is 4.98 Å². The van der Waals surface area contributed by atoms with Gasteiger partial charge < -0.3 is 11.1 Å². The summed E-state index contributed by atoms with van der Waals surface area (Å²) in [5, 5.41) is 2.72. The molecule has 0 fully saturated rings. The van der Waals surface area contributed by atoms with Gasteiger partial charge in [0.1, 0.15) is 5.82 Å². The van der Waals surface area contributed by atoms with Gasteiger partial charge >= 0.3 is 0 Å². The van der Waals surface area contributed by atoms with E-state index in [4.69, 9.17) is 5.73 Å². The van der Waals surface area contributed by atoms with Crippen molar-refractivity contribution in [2.24, 2.45) is 0 Å². The molecular formula is C12H12BrN5O. The van der Waals surface area contributed by atoms with Crippen molar-refractivity contribution < 1.29 is 4.79 Å². The SMILES string of the molecule is Cc1cnc(CNC(=O)c2cc(Br)cnc2N)cn1. The Morgan fingerprint density at radius 1 is 1.32 bits per heavy atom. The number of nitrogens with two attached hydrogens (primary N) is 1. The van der Waals surface area contributed by atoms with Crippen LogP contribution in [0.5, 0.6) is 0 Å². The summed E-state index contributed by atoms with van der Waals surface area (Å²) in [4.78, 5) is 24.1. The molecule has 0 aromatic carbocycles. The molecule has 2 aromatic rings. The maximum atomic E-state index is 12.0. The van der Waals surface area contributed by atoms with E-state index < -0.39 is 0 Å². The molecule has 0 radical (unpaired) electrons. The fourth-order valence-corrected chi connectivity index (χ4v) is 1.74. The first-order valence-corrected chi connectivity index (χ1v) is 6.32. The topological polar surface area (TPSA) is 93.8 Å². The quantitative estimate of drug-likeness (QED) is 0.892. The molecule has 2 aromatic heterocycles. The van der Waals surface area contributed by atoms with E-state index >= 15 is 0 Å². The molecule has 0 aliphatic heterocycles. The van der Waals surface area contributed by atoms with Crippen LogP contribution in [0.2, 0.25) is 0 Å². The number of carbonyl (C=O) groups is 1. The second-order valence-corrected chi connectivity index (χ2v) is 4.83. The first-order chi connectivity index (χ1) is 9.06. The molecule has 7 heteroatoms. The average Bonchev–Trinajstić information content (AvgIpc) is 2.40. The summed E-state index contributed by atoms with van der Waals surface area (Å²) in [5.41, 5.74) is 7.50. The minimum atomic E-state index is -0.298. The van der Waals surface area contributed by atoms with Gasteiger partial charge in [-0.3, -0.25) is 14.8 Å². The number of aryl methyl sites for hydroxylation is 1. The molecule has 1 amide bonds. The van der Waals surface area contributed by atoms with Gasteiger partial charge in [0.15, 0.2) is 0 Å². The maximum Gasteiger partial charge on any atom is 0.255 e. The standard InChI is InChI=1S/C12H12BrN5O/c1-7-3-16-9(5-15-7)6-18-12(19)10-2-8(13)4-17-11(10)14/h2-5H,6H2,1H3,(H2,14,17)(H,18,19). The monoisotopic (exact) mass is 321 g/mol. The van der Waals surface area contributed by atoms with Crippen LogP contribution < -0.4 is 11.1 Å². The molecule has 2 rings (SSSR count). The van der Waals surface area contributed by atoms with E-state index in [0.717, 1.165) is 5.69 Å². The number of pyridine rings is 1. The van der Waals surface area contributed by atoms with Crippen molar-refractivity contribution in [3.63, 3.8) is 0 Å². The van der Waals surface area contributed by atoms with Crippen LogP contribution in [0.25, 0.3) is 0 Å². The summed E-state index contributed by atoms with van der Waals surface area (Å²) in [5.74, 6) is -0.107. The van der Waals surface area contributed by atoms with Crippen LogP contribution in [0, 0.1) is 6.92 Å². The van der Waals surface area contributed by atoms with Gasteiger partial charge in [-0.1, -0.05) is 0 Å². The summed E-state index contributed by atoms with van der Waals surface area (Å²) >= 11 is 3.25. The Morgan fingerprint density at radius 3 is 2.79 bits per heavy atom. The van der Waals surface area contributed by atoms with Crippen molar-refractivity contribution in [1.29, 1.82) is 0 Å². The number of hydrogen-bond donors (Lipinski definition) is 2. The normalized spacial score (nSPS) is 10.2. The maximum absolute atomic E-state index is 12.0. The number of halogens is 1. The molecule has 0 aliphatic carbocycles. The molecule has 98 valence electrons. The van der Waals surface area contributed by atoms with E-state index in [2.05, 4.69) is 36.2 Å². The first-order valence-electron chi connectivity index (χ1n) is 5.53. The Hall–Kier alpha value is -2.02. The van der Waals surface area contributed by atoms with Crippen molar-refractivity contribution in [1.82, 2.24) is 20.3 Å². The zero-order valence-electron chi connectivity index (χ0n) is 10.2. The van der Waals surface area contributed by atoms with Crippen molar-refractivity contribution in [2.75, 3.05) is 5.73 Å². The molecular weight excluding hydrogens is 310 g/mol. The number of nitrogens with zero attached hydrogens (tertiary/aromatic N) is 3. The Balaban J connectivity index is 2.05. The Labute approximate surface area is 118 Å². The third-order valence-corrected chi connectivity index (χ3v) is 2.83. The molecule has 6 nitrogen and oxygen atoms in total. The summed E-state index contributed by atoms with van der Waals surface area (Å²) in [6.45, 7) is 2.14. The second kappa shape index (κ2) is 5.75. The van der Waals surface area contributed by atoms with Crippen LogP contribution in [0.1, 0.15) is 21.7 Å². The second-order valence-electron chi connectivity index (χ2n) is 3.92. The molecule has 3 N–H and O–H groups in total. The highest BCUT2D eigenvalue weighted by Gasteiger charge is 2.11. The number of hydrogen-bond acceptors (Lipinski definition) is 5. The zero-order valence-corrected chi connectivity index (χ0v) is 11.8. The van der Waals surface area contributed by atoms with Crippen molar-refractivity contribution >= 4 is 27.7 Å². The predicted octanol–water partition coefficient (Wildman–Crippen LogP) is 1.45. The van der Waals surface area contributed by atoms with Crippen LogP contribution in [0.15, 0.2) is 29.1 Å². The van der Waals surface area contributed by atoms with Crippen LogP contribution in [-0.4, -0.2) is 20.9 Å². The van der Waals surface area contributed by atoms with E-state index in [1.165, 1.54) is 6.20 Å². The third kappa shape index (κ3) is 3.47. The first kappa shape index (κ1) is 13.4. The van der Waals surface area contributed by atoms with Gasteiger partial charge in [-0.15, -0.1) is 0 Å². The Bertz CT molecular complexity index is 600. The largest absolute Gasteiger partial charge is 0.383 e. The van der Waals surface area contributed by atoms with Gasteiger partial charge in [0, 0.05) is 16.9 Å². The number of amides is 1. The van der Waals surface area contributed by atoms with Gasteiger partial charge in [0.05, 0.1) is 29.7 Å². The number of rotatable bonds is 3. The average molecular weight is 322 g/mol.